The number of fused-ring (bicyclic) bond motifs is 1. The Hall–Kier alpha value is -2.77. The summed E-state index contributed by atoms with van der Waals surface area (Å²) >= 11 is 4.64. The Labute approximate surface area is 179 Å². The lowest BCUT2D eigenvalue weighted by molar-refractivity contribution is 0.0971. The molecule has 0 atom stereocenters. The molecule has 7 heteroatoms. The molecule has 0 spiro atoms. The lowest BCUT2D eigenvalue weighted by atomic mass is 10.1. The highest BCUT2D eigenvalue weighted by Crippen LogP contribution is 2.17. The molecule has 0 aliphatic carbocycles. The molecular weight excluding hydrogens is 452 g/mol. The van der Waals surface area contributed by atoms with Crippen molar-refractivity contribution in [3.8, 4) is 0 Å². The number of aryl methyl sites for hydroxylation is 1. The topological polar surface area (TPSA) is 61.1 Å². The predicted molar refractivity (Wildman–Crippen MR) is 119 cm³/mol. The zero-order valence-corrected chi connectivity index (χ0v) is 17.8. The van der Waals surface area contributed by atoms with Crippen molar-refractivity contribution >= 4 is 43.3 Å². The first-order chi connectivity index (χ1) is 14.0. The van der Waals surface area contributed by atoms with E-state index in [0.29, 0.717) is 22.2 Å². The summed E-state index contributed by atoms with van der Waals surface area (Å²) in [4.78, 5) is 38.7. The molecule has 2 heterocycles. The maximum Gasteiger partial charge on any atom is 0.331 e. The zero-order valence-electron chi connectivity index (χ0n) is 15.4. The van der Waals surface area contributed by atoms with Gasteiger partial charge in [-0.15, -0.1) is 11.3 Å². The normalized spacial score (nSPS) is 11.1. The number of halogens is 1. The summed E-state index contributed by atoms with van der Waals surface area (Å²) in [5.41, 5.74) is 1.31. The van der Waals surface area contributed by atoms with Crippen molar-refractivity contribution < 1.29 is 4.79 Å². The van der Waals surface area contributed by atoms with Crippen LogP contribution in [0.15, 0.2) is 80.1 Å². The van der Waals surface area contributed by atoms with Crippen molar-refractivity contribution in [3.63, 3.8) is 0 Å². The predicted octanol–water partition coefficient (Wildman–Crippen LogP) is 4.11. The number of aromatic nitrogens is 2. The number of rotatable bonds is 6. The maximum atomic E-state index is 13.1. The lowest BCUT2D eigenvalue weighted by Crippen LogP contribution is -2.41. The monoisotopic (exact) mass is 468 g/mol. The molecule has 5 nitrogen and oxygen atoms in total. The smallest absolute Gasteiger partial charge is 0.292 e. The Morgan fingerprint density at radius 3 is 2.38 bits per heavy atom. The molecule has 0 amide bonds. The van der Waals surface area contributed by atoms with Crippen molar-refractivity contribution in [1.82, 2.24) is 9.13 Å². The number of carbonyl (C=O) groups is 1. The SMILES string of the molecule is O=C(Cn1c(=O)n(CCc2ccccc2)c(=O)c2sccc21)c1ccc(Br)cc1. The van der Waals surface area contributed by atoms with Gasteiger partial charge in [-0.3, -0.25) is 18.7 Å². The summed E-state index contributed by atoms with van der Waals surface area (Å²) in [6, 6.07) is 18.4. The third-order valence-corrected chi connectivity index (χ3v) is 6.19. The Bertz CT molecular complexity index is 1290. The van der Waals surface area contributed by atoms with Gasteiger partial charge in [0.05, 0.1) is 12.1 Å². The second-order valence-corrected chi connectivity index (χ2v) is 8.46. The van der Waals surface area contributed by atoms with Crippen LogP contribution in [0.3, 0.4) is 0 Å². The average molecular weight is 469 g/mol. The van der Waals surface area contributed by atoms with Gasteiger partial charge in [0.15, 0.2) is 5.78 Å². The maximum absolute atomic E-state index is 13.1. The molecule has 0 bridgehead atoms. The fourth-order valence-corrected chi connectivity index (χ4v) is 4.35. The molecule has 0 aliphatic heterocycles. The highest BCUT2D eigenvalue weighted by Gasteiger charge is 2.17. The molecule has 4 rings (SSSR count). The minimum atomic E-state index is -0.456. The van der Waals surface area contributed by atoms with Crippen LogP contribution in [0.2, 0.25) is 0 Å². The van der Waals surface area contributed by atoms with Gasteiger partial charge in [0, 0.05) is 16.6 Å². The van der Waals surface area contributed by atoms with E-state index in [0.717, 1.165) is 10.0 Å². The van der Waals surface area contributed by atoms with Gasteiger partial charge >= 0.3 is 5.69 Å². The second kappa shape index (κ2) is 8.31. The van der Waals surface area contributed by atoms with E-state index in [-0.39, 0.29) is 24.4 Å². The Balaban J connectivity index is 1.72. The summed E-state index contributed by atoms with van der Waals surface area (Å²) in [7, 11) is 0. The van der Waals surface area contributed by atoms with E-state index in [1.807, 2.05) is 30.3 Å². The van der Waals surface area contributed by atoms with Gasteiger partial charge in [0.1, 0.15) is 4.70 Å². The number of thiophene rings is 1. The van der Waals surface area contributed by atoms with Gasteiger partial charge in [-0.05, 0) is 35.6 Å². The van der Waals surface area contributed by atoms with E-state index >= 15 is 0 Å². The number of hydrogen-bond acceptors (Lipinski definition) is 4. The van der Waals surface area contributed by atoms with E-state index in [2.05, 4.69) is 15.9 Å². The van der Waals surface area contributed by atoms with E-state index in [1.165, 1.54) is 20.5 Å². The molecule has 29 heavy (non-hydrogen) atoms. The summed E-state index contributed by atoms with van der Waals surface area (Å²) in [5.74, 6) is -0.180. The summed E-state index contributed by atoms with van der Waals surface area (Å²) in [6.45, 7) is 0.154. The van der Waals surface area contributed by atoms with Crippen LogP contribution in [0.4, 0.5) is 0 Å². The third-order valence-electron chi connectivity index (χ3n) is 4.77. The number of Topliss-reactive ketones (excluding diaryl/α,β-unsaturated/α-hetero) is 1. The molecule has 0 aliphatic rings. The lowest BCUT2D eigenvalue weighted by Gasteiger charge is -2.12. The van der Waals surface area contributed by atoms with Crippen molar-refractivity contribution in [2.75, 3.05) is 0 Å². The standard InChI is InChI=1S/C22H17BrN2O3S/c23-17-8-6-16(7-9-17)19(26)14-25-18-11-13-29-20(18)21(27)24(22(25)28)12-10-15-4-2-1-3-5-15/h1-9,11,13H,10,12,14H2. The van der Waals surface area contributed by atoms with Crippen LogP contribution in [-0.4, -0.2) is 14.9 Å². The first-order valence-corrected chi connectivity index (χ1v) is 10.8. The summed E-state index contributed by atoms with van der Waals surface area (Å²) in [6.07, 6.45) is 0.563. The van der Waals surface area contributed by atoms with Gasteiger partial charge in [-0.25, -0.2) is 4.79 Å². The molecule has 0 radical (unpaired) electrons. The van der Waals surface area contributed by atoms with E-state index in [9.17, 15) is 14.4 Å². The number of hydrogen-bond donors (Lipinski definition) is 0. The van der Waals surface area contributed by atoms with Crippen LogP contribution in [0.1, 0.15) is 15.9 Å². The van der Waals surface area contributed by atoms with Gasteiger partial charge in [0.25, 0.3) is 5.56 Å². The largest absolute Gasteiger partial charge is 0.331 e. The van der Waals surface area contributed by atoms with Crippen LogP contribution in [0, 0.1) is 0 Å². The molecule has 0 saturated carbocycles. The van der Waals surface area contributed by atoms with Crippen LogP contribution in [-0.2, 0) is 19.5 Å². The van der Waals surface area contributed by atoms with Crippen LogP contribution >= 0.6 is 27.3 Å². The molecule has 0 N–H and O–H groups in total. The van der Waals surface area contributed by atoms with Gasteiger partial charge in [-0.1, -0.05) is 58.4 Å². The number of ketones is 1. The fraction of sp³-hybridized carbons (Fsp3) is 0.136. The molecule has 4 aromatic rings. The first-order valence-electron chi connectivity index (χ1n) is 9.08. The number of nitrogens with zero attached hydrogens (tertiary/aromatic N) is 2. The quantitative estimate of drug-likeness (QED) is 0.400. The molecular formula is C22H17BrN2O3S. The second-order valence-electron chi connectivity index (χ2n) is 6.63. The van der Waals surface area contributed by atoms with E-state index in [4.69, 9.17) is 0 Å². The third kappa shape index (κ3) is 4.02. The van der Waals surface area contributed by atoms with Gasteiger partial charge in [-0.2, -0.15) is 0 Å². The fourth-order valence-electron chi connectivity index (χ4n) is 3.24. The molecule has 2 aromatic heterocycles. The minimum absolute atomic E-state index is 0.112. The Morgan fingerprint density at radius 2 is 1.66 bits per heavy atom. The Morgan fingerprint density at radius 1 is 0.931 bits per heavy atom. The van der Waals surface area contributed by atoms with Gasteiger partial charge in [0.2, 0.25) is 0 Å². The Kier molecular flexibility index (Phi) is 5.60. The van der Waals surface area contributed by atoms with Crippen molar-refractivity contribution in [3.05, 3.63) is 102 Å². The van der Waals surface area contributed by atoms with Crippen molar-refractivity contribution in [2.45, 2.75) is 19.5 Å². The molecule has 0 unspecified atom stereocenters. The zero-order chi connectivity index (χ0) is 20.4. The highest BCUT2D eigenvalue weighted by molar-refractivity contribution is 9.10. The number of carbonyl (C=O) groups excluding carboxylic acids is 1. The van der Waals surface area contributed by atoms with E-state index in [1.54, 1.807) is 35.7 Å². The van der Waals surface area contributed by atoms with E-state index < -0.39 is 5.69 Å². The highest BCUT2D eigenvalue weighted by atomic mass is 79.9. The van der Waals surface area contributed by atoms with Gasteiger partial charge < -0.3 is 0 Å². The molecule has 0 fully saturated rings. The van der Waals surface area contributed by atoms with Crippen LogP contribution in [0.25, 0.3) is 10.2 Å². The molecule has 146 valence electrons. The average Bonchev–Trinajstić information content (AvgIpc) is 3.22. The summed E-state index contributed by atoms with van der Waals surface area (Å²) in [5, 5.41) is 1.77. The minimum Gasteiger partial charge on any atom is -0.292 e. The molecule has 0 saturated heterocycles. The van der Waals surface area contributed by atoms with Crippen LogP contribution in [0.5, 0.6) is 0 Å². The first kappa shape index (κ1) is 19.5. The molecule has 2 aromatic carbocycles. The van der Waals surface area contributed by atoms with Crippen molar-refractivity contribution in [1.29, 1.82) is 0 Å². The van der Waals surface area contributed by atoms with Crippen molar-refractivity contribution in [2.24, 2.45) is 0 Å². The summed E-state index contributed by atoms with van der Waals surface area (Å²) < 4.78 is 4.01. The van der Waals surface area contributed by atoms with Crippen LogP contribution < -0.4 is 11.2 Å². The number of benzene rings is 2.